The molecule has 2 aromatic heterocycles. The smallest absolute Gasteiger partial charge is 0.321 e. The molecule has 0 saturated carbocycles. The lowest BCUT2D eigenvalue weighted by Crippen LogP contribution is -2.41. The van der Waals surface area contributed by atoms with Crippen molar-refractivity contribution in [3.05, 3.63) is 54.4 Å². The molecule has 1 fully saturated rings. The lowest BCUT2D eigenvalue weighted by molar-refractivity contribution is 0.190. The fraction of sp³-hybridized carbons (Fsp3) is 0.333. The molecule has 1 saturated heterocycles. The van der Waals surface area contributed by atoms with Crippen LogP contribution in [0.15, 0.2) is 47.2 Å². The molecule has 3 aromatic rings. The predicted octanol–water partition coefficient (Wildman–Crippen LogP) is 2.98. The van der Waals surface area contributed by atoms with Crippen LogP contribution in [-0.4, -0.2) is 43.9 Å². The minimum Gasteiger partial charge on any atom is -0.340 e. The second-order valence-electron chi connectivity index (χ2n) is 6.38. The van der Waals surface area contributed by atoms with E-state index >= 15 is 0 Å². The van der Waals surface area contributed by atoms with E-state index in [0.29, 0.717) is 18.3 Å². The summed E-state index contributed by atoms with van der Waals surface area (Å²) in [5, 5.41) is 11.1. The number of nitrogens with one attached hydrogen (secondary N) is 1. The zero-order valence-corrected chi connectivity index (χ0v) is 14.5. The number of anilines is 1. The van der Waals surface area contributed by atoms with Gasteiger partial charge in [-0.1, -0.05) is 5.16 Å². The number of hydrogen-bond acceptors (Lipinski definition) is 5. The molecule has 1 aliphatic heterocycles. The minimum absolute atomic E-state index is 0.109. The van der Waals surface area contributed by atoms with Gasteiger partial charge in [-0.3, -0.25) is 0 Å². The third kappa shape index (κ3) is 3.44. The summed E-state index contributed by atoms with van der Waals surface area (Å²) < 4.78 is 6.84. The van der Waals surface area contributed by atoms with Gasteiger partial charge in [-0.05, 0) is 43.2 Å². The van der Waals surface area contributed by atoms with Crippen molar-refractivity contribution in [2.24, 2.45) is 0 Å². The van der Waals surface area contributed by atoms with Crippen LogP contribution in [0.1, 0.15) is 30.5 Å². The van der Waals surface area contributed by atoms with E-state index in [1.807, 2.05) is 36.5 Å². The molecule has 3 heterocycles. The maximum Gasteiger partial charge on any atom is 0.321 e. The van der Waals surface area contributed by atoms with E-state index in [4.69, 9.17) is 4.52 Å². The zero-order valence-electron chi connectivity index (χ0n) is 14.5. The fourth-order valence-electron chi connectivity index (χ4n) is 3.17. The van der Waals surface area contributed by atoms with E-state index < -0.39 is 0 Å². The number of nitrogens with zero attached hydrogens (tertiary/aromatic N) is 5. The molecule has 134 valence electrons. The van der Waals surface area contributed by atoms with Crippen molar-refractivity contribution < 1.29 is 9.32 Å². The molecule has 0 aliphatic carbocycles. The van der Waals surface area contributed by atoms with E-state index in [-0.39, 0.29) is 11.9 Å². The maximum atomic E-state index is 12.6. The first-order chi connectivity index (χ1) is 12.7. The van der Waals surface area contributed by atoms with Crippen LogP contribution < -0.4 is 5.32 Å². The van der Waals surface area contributed by atoms with Crippen LogP contribution in [0.25, 0.3) is 5.69 Å². The molecule has 0 bridgehead atoms. The molecule has 0 radical (unpaired) electrons. The lowest BCUT2D eigenvalue weighted by atomic mass is 9.98. The number of hydrogen-bond donors (Lipinski definition) is 1. The highest BCUT2D eigenvalue weighted by Crippen LogP contribution is 2.25. The first-order valence-electron chi connectivity index (χ1n) is 8.65. The Bertz CT molecular complexity index is 871. The normalized spacial score (nSPS) is 17.3. The zero-order chi connectivity index (χ0) is 17.9. The van der Waals surface area contributed by atoms with Gasteiger partial charge in [-0.25, -0.2) is 9.48 Å². The van der Waals surface area contributed by atoms with Gasteiger partial charge in [0, 0.05) is 44.0 Å². The highest BCUT2D eigenvalue weighted by atomic mass is 16.5. The van der Waals surface area contributed by atoms with Crippen LogP contribution in [0.4, 0.5) is 10.5 Å². The largest absolute Gasteiger partial charge is 0.340 e. The van der Waals surface area contributed by atoms with E-state index in [9.17, 15) is 4.79 Å². The molecule has 0 spiro atoms. The Labute approximate surface area is 150 Å². The van der Waals surface area contributed by atoms with Gasteiger partial charge in [0.25, 0.3) is 0 Å². The molecule has 8 nitrogen and oxygen atoms in total. The Kier molecular flexibility index (Phi) is 4.39. The van der Waals surface area contributed by atoms with Crippen molar-refractivity contribution in [3.63, 3.8) is 0 Å². The van der Waals surface area contributed by atoms with Crippen LogP contribution in [0.5, 0.6) is 0 Å². The Balaban J connectivity index is 1.39. The van der Waals surface area contributed by atoms with Gasteiger partial charge < -0.3 is 14.7 Å². The highest BCUT2D eigenvalue weighted by molar-refractivity contribution is 5.89. The molecular weight excluding hydrogens is 332 g/mol. The number of piperidine rings is 1. The summed E-state index contributed by atoms with van der Waals surface area (Å²) in [5.74, 6) is 1.36. The van der Waals surface area contributed by atoms with E-state index in [1.54, 1.807) is 22.7 Å². The van der Waals surface area contributed by atoms with Gasteiger partial charge in [0.1, 0.15) is 0 Å². The minimum atomic E-state index is -0.109. The van der Waals surface area contributed by atoms with E-state index in [0.717, 1.165) is 30.8 Å². The van der Waals surface area contributed by atoms with Gasteiger partial charge in [-0.15, -0.1) is 0 Å². The van der Waals surface area contributed by atoms with Crippen molar-refractivity contribution >= 4 is 11.7 Å². The molecule has 1 aliphatic rings. The Morgan fingerprint density at radius 1 is 1.31 bits per heavy atom. The summed E-state index contributed by atoms with van der Waals surface area (Å²) >= 11 is 0. The molecule has 26 heavy (non-hydrogen) atoms. The summed E-state index contributed by atoms with van der Waals surface area (Å²) in [6.45, 7) is 3.09. The van der Waals surface area contributed by atoms with Crippen LogP contribution in [0.3, 0.4) is 0 Å². The number of urea groups is 1. The Morgan fingerprint density at radius 2 is 2.15 bits per heavy atom. The van der Waals surface area contributed by atoms with Crippen LogP contribution in [-0.2, 0) is 0 Å². The molecule has 1 N–H and O–H groups in total. The number of rotatable bonds is 3. The number of amides is 2. The van der Waals surface area contributed by atoms with Crippen LogP contribution >= 0.6 is 0 Å². The average Bonchev–Trinajstić information content (AvgIpc) is 3.34. The number of likely N-dealkylation sites (tertiary alicyclic amines) is 1. The van der Waals surface area contributed by atoms with Crippen molar-refractivity contribution in [1.82, 2.24) is 24.8 Å². The number of aromatic nitrogens is 4. The average molecular weight is 352 g/mol. The van der Waals surface area contributed by atoms with Gasteiger partial charge in [0.15, 0.2) is 5.82 Å². The first-order valence-corrected chi connectivity index (χ1v) is 8.65. The lowest BCUT2D eigenvalue weighted by Gasteiger charge is -2.31. The number of carbonyl (C=O) groups excluding carboxylic acids is 1. The fourth-order valence-corrected chi connectivity index (χ4v) is 3.17. The standard InChI is InChI=1S/C18H20N6O2/c1-13-20-17(22-26-13)14-4-2-10-23(12-14)18(25)21-15-5-7-16(8-6-15)24-11-3-9-19-24/h3,5-9,11,14H,2,4,10,12H2,1H3,(H,21,25)/t14-/m0/s1. The van der Waals surface area contributed by atoms with Crippen LogP contribution in [0.2, 0.25) is 0 Å². The molecule has 1 atom stereocenters. The number of benzene rings is 1. The van der Waals surface area contributed by atoms with Gasteiger partial charge in [-0.2, -0.15) is 10.1 Å². The van der Waals surface area contributed by atoms with E-state index in [1.165, 1.54) is 0 Å². The third-order valence-electron chi connectivity index (χ3n) is 4.50. The topological polar surface area (TPSA) is 89.1 Å². The third-order valence-corrected chi connectivity index (χ3v) is 4.50. The molecule has 1 aromatic carbocycles. The summed E-state index contributed by atoms with van der Waals surface area (Å²) in [6, 6.07) is 9.35. The highest BCUT2D eigenvalue weighted by Gasteiger charge is 2.27. The molecule has 2 amide bonds. The first kappa shape index (κ1) is 16.3. The molecule has 8 heteroatoms. The summed E-state index contributed by atoms with van der Waals surface area (Å²) in [4.78, 5) is 18.7. The molecular formula is C18H20N6O2. The number of aryl methyl sites for hydroxylation is 1. The van der Waals surface area contributed by atoms with Gasteiger partial charge in [0.05, 0.1) is 5.69 Å². The second-order valence-corrected chi connectivity index (χ2v) is 6.38. The molecule has 0 unspecified atom stereocenters. The summed E-state index contributed by atoms with van der Waals surface area (Å²) in [6.07, 6.45) is 5.49. The van der Waals surface area contributed by atoms with Crippen molar-refractivity contribution in [2.75, 3.05) is 18.4 Å². The monoisotopic (exact) mass is 352 g/mol. The number of carbonyl (C=O) groups is 1. The quantitative estimate of drug-likeness (QED) is 0.783. The van der Waals surface area contributed by atoms with Gasteiger partial charge in [0.2, 0.25) is 5.89 Å². The Hall–Kier alpha value is -3.16. The second kappa shape index (κ2) is 6.99. The van der Waals surface area contributed by atoms with Crippen molar-refractivity contribution in [2.45, 2.75) is 25.7 Å². The maximum absolute atomic E-state index is 12.6. The predicted molar refractivity (Wildman–Crippen MR) is 95.2 cm³/mol. The van der Waals surface area contributed by atoms with E-state index in [2.05, 4.69) is 20.6 Å². The molecule has 4 rings (SSSR count). The van der Waals surface area contributed by atoms with Crippen LogP contribution in [0, 0.1) is 6.92 Å². The Morgan fingerprint density at radius 3 is 2.85 bits per heavy atom. The van der Waals surface area contributed by atoms with Crippen molar-refractivity contribution in [3.8, 4) is 5.69 Å². The summed E-state index contributed by atoms with van der Waals surface area (Å²) in [5.41, 5.74) is 1.70. The SMILES string of the molecule is Cc1nc([C@H]2CCCN(C(=O)Nc3ccc(-n4cccn4)cc3)C2)no1. The van der Waals surface area contributed by atoms with Crippen molar-refractivity contribution in [1.29, 1.82) is 0 Å². The summed E-state index contributed by atoms with van der Waals surface area (Å²) in [7, 11) is 0. The van der Waals surface area contributed by atoms with Gasteiger partial charge >= 0.3 is 6.03 Å².